The fourth-order valence-corrected chi connectivity index (χ4v) is 8.67. The zero-order valence-corrected chi connectivity index (χ0v) is 54.3. The van der Waals surface area contributed by atoms with Crippen molar-refractivity contribution in [1.29, 1.82) is 0 Å². The molecule has 530 valence electrons. The molecule has 2 aliphatic carbocycles. The summed E-state index contributed by atoms with van der Waals surface area (Å²) in [6.45, 7) is 24.4. The lowest BCUT2D eigenvalue weighted by Crippen LogP contribution is -2.20. The first-order valence-corrected chi connectivity index (χ1v) is 32.5. The molecular formula is C60H115N5O25. The topological polar surface area (TPSA) is 307 Å². The Morgan fingerprint density at radius 3 is 0.811 bits per heavy atom. The Bertz CT molecular complexity index is 1660. The number of carbonyl (C=O) groups is 1. The minimum atomic E-state index is -0.362. The van der Waals surface area contributed by atoms with E-state index in [9.17, 15) is 4.79 Å². The van der Waals surface area contributed by atoms with Crippen LogP contribution in [0.4, 0.5) is 4.79 Å². The Kier molecular flexibility index (Phi) is 59.1. The summed E-state index contributed by atoms with van der Waals surface area (Å²) < 4.78 is 134. The normalized spacial score (nSPS) is 15.5. The van der Waals surface area contributed by atoms with Crippen molar-refractivity contribution in [2.24, 2.45) is 23.5 Å². The van der Waals surface area contributed by atoms with Gasteiger partial charge < -0.3 is 125 Å². The fourth-order valence-electron chi connectivity index (χ4n) is 8.67. The predicted molar refractivity (Wildman–Crippen MR) is 325 cm³/mol. The average Bonchev–Trinajstić information content (AvgIpc) is 1.71. The number of nitrogens with zero attached hydrogens (tertiary/aromatic N) is 3. The first kappa shape index (κ1) is 81.7. The molecule has 1 fully saturated rings. The molecule has 2 aliphatic rings. The minimum Gasteiger partial charge on any atom is -0.449 e. The van der Waals surface area contributed by atoms with Crippen molar-refractivity contribution in [2.75, 3.05) is 324 Å². The van der Waals surface area contributed by atoms with E-state index in [4.69, 9.17) is 119 Å². The summed E-state index contributed by atoms with van der Waals surface area (Å²) in [5.74, 6) is 1.66. The zero-order chi connectivity index (χ0) is 63.6. The number of amides is 1. The van der Waals surface area contributed by atoms with Crippen molar-refractivity contribution < 1.29 is 118 Å². The van der Waals surface area contributed by atoms with Crippen molar-refractivity contribution in [1.82, 2.24) is 20.3 Å². The SMILES string of the molecule is CNC(=O)OC[C@@H]1[C@@H]2CCc3nnn(CCOCCOCCOCCOCCOCCOCCOCCOCCOCCOCCOCCOCCOCCOCCOCCOCCOCCOCCOCCOCCOCCOCCOCCN)c3CC[C@@H]21. The van der Waals surface area contributed by atoms with Crippen LogP contribution in [0.25, 0.3) is 0 Å². The predicted octanol–water partition coefficient (Wildman–Crippen LogP) is 0.716. The molecule has 0 unspecified atom stereocenters. The van der Waals surface area contributed by atoms with Gasteiger partial charge in [0.1, 0.15) is 0 Å². The molecule has 90 heavy (non-hydrogen) atoms. The number of carbonyl (C=O) groups excluding carboxylic acids is 1. The Hall–Kier alpha value is -2.55. The molecule has 1 heterocycles. The van der Waals surface area contributed by atoms with Crippen LogP contribution in [0, 0.1) is 17.8 Å². The van der Waals surface area contributed by atoms with Crippen molar-refractivity contribution in [3.05, 3.63) is 11.4 Å². The molecule has 0 saturated heterocycles. The van der Waals surface area contributed by atoms with E-state index in [1.165, 1.54) is 5.69 Å². The van der Waals surface area contributed by atoms with E-state index in [2.05, 4.69) is 15.6 Å². The number of nitrogens with one attached hydrogen (secondary N) is 1. The number of ether oxygens (including phenoxy) is 24. The van der Waals surface area contributed by atoms with Crippen LogP contribution < -0.4 is 11.1 Å². The van der Waals surface area contributed by atoms with E-state index < -0.39 is 0 Å². The standard InChI is InChI=1S/C60H115N5O25/c1-62-60(66)90-54-57-55-2-4-58-59(5-3-56(55)57)65(64-63-58)7-9-68-11-13-70-15-17-72-19-21-74-23-25-76-27-29-78-31-33-80-35-37-82-39-41-84-43-45-86-47-49-88-51-53-89-52-50-87-48-46-85-44-42-83-40-38-81-36-34-79-32-30-77-28-26-75-24-22-73-20-18-71-16-14-69-12-10-67-8-6-61/h55-57H,2-54,61H2,1H3,(H,62,66)/t55-,56+,57-/m1/s1. The molecule has 3 N–H and O–H groups in total. The number of hydrogen-bond acceptors (Lipinski definition) is 28. The van der Waals surface area contributed by atoms with Crippen molar-refractivity contribution in [3.8, 4) is 0 Å². The highest BCUT2D eigenvalue weighted by molar-refractivity contribution is 5.66. The van der Waals surface area contributed by atoms with Crippen LogP contribution in [-0.4, -0.2) is 345 Å². The molecule has 0 aliphatic heterocycles. The highest BCUT2D eigenvalue weighted by atomic mass is 16.6. The second kappa shape index (κ2) is 65.1. The highest BCUT2D eigenvalue weighted by Crippen LogP contribution is 2.53. The summed E-state index contributed by atoms with van der Waals surface area (Å²) in [6.07, 6.45) is 3.61. The number of aromatic nitrogens is 3. The zero-order valence-electron chi connectivity index (χ0n) is 54.3. The van der Waals surface area contributed by atoms with Crippen LogP contribution in [-0.2, 0) is 133 Å². The van der Waals surface area contributed by atoms with Crippen LogP contribution in [0.5, 0.6) is 0 Å². The first-order valence-electron chi connectivity index (χ1n) is 32.5. The molecule has 0 bridgehead atoms. The molecule has 1 aromatic rings. The Morgan fingerprint density at radius 2 is 0.578 bits per heavy atom. The Morgan fingerprint density at radius 1 is 0.356 bits per heavy atom. The minimum absolute atomic E-state index is 0.362. The van der Waals surface area contributed by atoms with Crippen LogP contribution in [0.2, 0.25) is 0 Å². The van der Waals surface area contributed by atoms with Gasteiger partial charge in [-0.15, -0.1) is 5.10 Å². The van der Waals surface area contributed by atoms with Crippen LogP contribution in [0.15, 0.2) is 0 Å². The van der Waals surface area contributed by atoms with Gasteiger partial charge >= 0.3 is 6.09 Å². The molecule has 30 heteroatoms. The average molecular weight is 1310 g/mol. The van der Waals surface area contributed by atoms with Gasteiger partial charge in [0.2, 0.25) is 0 Å². The van der Waals surface area contributed by atoms with Crippen molar-refractivity contribution in [3.63, 3.8) is 0 Å². The summed E-state index contributed by atoms with van der Waals surface area (Å²) >= 11 is 0. The molecule has 30 nitrogen and oxygen atoms in total. The number of fused-ring (bicyclic) bond motifs is 2. The number of rotatable bonds is 73. The van der Waals surface area contributed by atoms with Crippen LogP contribution in [0.3, 0.4) is 0 Å². The molecule has 3 atom stereocenters. The molecule has 3 rings (SSSR count). The Labute approximate surface area is 534 Å². The van der Waals surface area contributed by atoms with Gasteiger partial charge in [0.05, 0.1) is 328 Å². The van der Waals surface area contributed by atoms with Gasteiger partial charge in [-0.25, -0.2) is 9.48 Å². The molecule has 0 spiro atoms. The maximum Gasteiger partial charge on any atom is 0.406 e. The first-order chi connectivity index (χ1) is 44.7. The third-order valence-corrected chi connectivity index (χ3v) is 13.4. The van der Waals surface area contributed by atoms with Gasteiger partial charge in [-0.2, -0.15) is 0 Å². The lowest BCUT2D eigenvalue weighted by Gasteiger charge is -2.11. The maximum atomic E-state index is 11.5. The second-order valence-electron chi connectivity index (χ2n) is 20.0. The molecule has 1 amide bonds. The Balaban J connectivity index is 0.858. The highest BCUT2D eigenvalue weighted by Gasteiger charge is 2.50. The van der Waals surface area contributed by atoms with Gasteiger partial charge in [0.15, 0.2) is 0 Å². The lowest BCUT2D eigenvalue weighted by molar-refractivity contribution is -0.0318. The van der Waals surface area contributed by atoms with Crippen LogP contribution in [0.1, 0.15) is 24.2 Å². The molecule has 1 aromatic heterocycles. The summed E-state index contributed by atoms with van der Waals surface area (Å²) in [6, 6.07) is 0. The fraction of sp³-hybridized carbons (Fsp3) is 0.950. The van der Waals surface area contributed by atoms with Gasteiger partial charge in [-0.3, -0.25) is 0 Å². The van der Waals surface area contributed by atoms with Gasteiger partial charge in [-0.1, -0.05) is 5.21 Å². The van der Waals surface area contributed by atoms with E-state index >= 15 is 0 Å². The molecule has 0 aromatic carbocycles. The summed E-state index contributed by atoms with van der Waals surface area (Å²) in [5.41, 5.74) is 7.64. The third-order valence-electron chi connectivity index (χ3n) is 13.4. The van der Waals surface area contributed by atoms with Gasteiger partial charge in [0.25, 0.3) is 0 Å². The maximum absolute atomic E-state index is 11.5. The summed E-state index contributed by atoms with van der Waals surface area (Å²) in [4.78, 5) is 11.5. The van der Waals surface area contributed by atoms with E-state index in [-0.39, 0.29) is 6.09 Å². The molecule has 0 radical (unpaired) electrons. The summed E-state index contributed by atoms with van der Waals surface area (Å²) in [5, 5.41) is 11.4. The van der Waals surface area contributed by atoms with Gasteiger partial charge in [-0.05, 0) is 43.4 Å². The van der Waals surface area contributed by atoms with E-state index in [0.717, 1.165) is 31.4 Å². The smallest absolute Gasteiger partial charge is 0.406 e. The lowest BCUT2D eigenvalue weighted by atomic mass is 10.0. The molecule has 1 saturated carbocycles. The quantitative estimate of drug-likeness (QED) is 0.0849. The number of alkyl carbamates (subject to hydrolysis) is 1. The number of aryl methyl sites for hydroxylation is 1. The van der Waals surface area contributed by atoms with Gasteiger partial charge in [0, 0.05) is 13.6 Å². The largest absolute Gasteiger partial charge is 0.449 e. The van der Waals surface area contributed by atoms with Crippen molar-refractivity contribution >= 4 is 6.09 Å². The van der Waals surface area contributed by atoms with E-state index in [1.54, 1.807) is 7.05 Å². The van der Waals surface area contributed by atoms with Crippen LogP contribution >= 0.6 is 0 Å². The number of hydrogen-bond donors (Lipinski definition) is 2. The van der Waals surface area contributed by atoms with E-state index in [0.29, 0.717) is 341 Å². The monoisotopic (exact) mass is 1310 g/mol. The summed E-state index contributed by atoms with van der Waals surface area (Å²) in [7, 11) is 1.58. The van der Waals surface area contributed by atoms with E-state index in [1.807, 2.05) is 4.68 Å². The second-order valence-corrected chi connectivity index (χ2v) is 20.0. The number of nitrogens with two attached hydrogens (primary N) is 1. The third kappa shape index (κ3) is 50.9. The van der Waals surface area contributed by atoms with Crippen molar-refractivity contribution in [2.45, 2.75) is 32.2 Å². The molecular weight excluding hydrogens is 1190 g/mol.